The summed E-state index contributed by atoms with van der Waals surface area (Å²) in [6, 6.07) is 5.67. The smallest absolute Gasteiger partial charge is 0.206 e. The lowest BCUT2D eigenvalue weighted by atomic mass is 9.35. The molecule has 33 heavy (non-hydrogen) atoms. The van der Waals surface area contributed by atoms with Crippen LogP contribution in [0.5, 0.6) is 0 Å². The molecule has 6 aliphatic rings. The summed E-state index contributed by atoms with van der Waals surface area (Å²) >= 11 is 3.49. The summed E-state index contributed by atoms with van der Waals surface area (Å²) < 4.78 is 7.05. The third kappa shape index (κ3) is 2.09. The zero-order chi connectivity index (χ0) is 23.1. The minimum Gasteiger partial charge on any atom is -0.392 e. The van der Waals surface area contributed by atoms with Gasteiger partial charge in [-0.3, -0.25) is 0 Å². The largest absolute Gasteiger partial charge is 0.392 e. The fourth-order valence-corrected chi connectivity index (χ4v) is 9.36. The fourth-order valence-electron chi connectivity index (χ4n) is 9.01. The Hall–Kier alpha value is -1.16. The third-order valence-corrected chi connectivity index (χ3v) is 10.7. The monoisotopic (exact) mass is 516 g/mol. The molecule has 2 saturated heterocycles. The lowest BCUT2D eigenvalue weighted by Crippen LogP contribution is -2.86. The van der Waals surface area contributed by atoms with Crippen molar-refractivity contribution >= 4 is 27.0 Å². The van der Waals surface area contributed by atoms with Crippen LogP contribution in [0.15, 0.2) is 22.7 Å². The van der Waals surface area contributed by atoms with Gasteiger partial charge in [-0.1, -0.05) is 29.8 Å². The summed E-state index contributed by atoms with van der Waals surface area (Å²) in [5, 5.41) is 47.4. The summed E-state index contributed by atoms with van der Waals surface area (Å²) in [5.41, 5.74) is 0.222. The van der Waals surface area contributed by atoms with Crippen molar-refractivity contribution in [2.24, 2.45) is 22.7 Å². The molecule has 8 rings (SSSR count). The summed E-state index contributed by atoms with van der Waals surface area (Å²) in [7, 11) is 0. The van der Waals surface area contributed by atoms with Crippen molar-refractivity contribution in [3.05, 3.63) is 34.1 Å². The third-order valence-electron chi connectivity index (χ3n) is 10.2. The Morgan fingerprint density at radius 1 is 1.03 bits per heavy atom. The molecule has 3 heterocycles. The van der Waals surface area contributed by atoms with Crippen LogP contribution in [0, 0.1) is 22.7 Å². The van der Waals surface area contributed by atoms with Crippen molar-refractivity contribution in [2.75, 3.05) is 6.61 Å². The molecule has 1 aromatic heterocycles. The van der Waals surface area contributed by atoms with E-state index in [0.29, 0.717) is 36.2 Å². The molecule has 2 aliphatic heterocycles. The Morgan fingerprint density at radius 2 is 1.82 bits per heavy atom. The number of aliphatic hydroxyl groups excluding tert-OH is 3. The number of nitrogens with zero attached hydrogens (tertiary/aromatic N) is 2. The van der Waals surface area contributed by atoms with Gasteiger partial charge in [-0.15, -0.1) is 0 Å². The van der Waals surface area contributed by atoms with E-state index in [1.807, 2.05) is 18.2 Å². The summed E-state index contributed by atoms with van der Waals surface area (Å²) in [6.45, 7) is 4.39. The highest BCUT2D eigenvalue weighted by Gasteiger charge is 2.85. The Kier molecular flexibility index (Phi) is 3.94. The van der Waals surface area contributed by atoms with Crippen LogP contribution in [0.1, 0.15) is 56.8 Å². The first-order valence-electron chi connectivity index (χ1n) is 12.0. The van der Waals surface area contributed by atoms with E-state index in [2.05, 4.69) is 29.8 Å². The lowest BCUT2D eigenvalue weighted by molar-refractivity contribution is -0.449. The topological polar surface area (TPSA) is 116 Å². The second-order valence-electron chi connectivity index (χ2n) is 11.7. The number of aliphatic hydroxyl groups is 4. The predicted molar refractivity (Wildman–Crippen MR) is 122 cm³/mol. The maximum absolute atomic E-state index is 12.3. The van der Waals surface area contributed by atoms with E-state index in [-0.39, 0.29) is 29.8 Å². The molecule has 0 amide bonds. The zero-order valence-corrected chi connectivity index (χ0v) is 20.3. The molecule has 3 saturated carbocycles. The van der Waals surface area contributed by atoms with Gasteiger partial charge < -0.3 is 25.2 Å². The second-order valence-corrected chi connectivity index (χ2v) is 12.6. The molecular formula is C25H29BrN2O5. The van der Waals surface area contributed by atoms with Crippen LogP contribution in [0.2, 0.25) is 0 Å². The van der Waals surface area contributed by atoms with Gasteiger partial charge >= 0.3 is 0 Å². The first-order chi connectivity index (χ1) is 15.6. The van der Waals surface area contributed by atoms with Gasteiger partial charge in [-0.2, -0.15) is 0 Å². The van der Waals surface area contributed by atoms with E-state index in [0.717, 1.165) is 16.4 Å². The molecule has 2 aromatic rings. The van der Waals surface area contributed by atoms with Gasteiger partial charge in [0, 0.05) is 21.7 Å². The average molecular weight is 517 g/mol. The van der Waals surface area contributed by atoms with E-state index in [9.17, 15) is 20.4 Å². The van der Waals surface area contributed by atoms with E-state index in [4.69, 9.17) is 14.7 Å². The summed E-state index contributed by atoms with van der Waals surface area (Å²) in [4.78, 5) is 9.90. The van der Waals surface area contributed by atoms with Gasteiger partial charge in [0.15, 0.2) is 0 Å². The molecule has 9 atom stereocenters. The Labute approximate surface area is 200 Å². The van der Waals surface area contributed by atoms with Crippen LogP contribution in [0.4, 0.5) is 0 Å². The number of aromatic nitrogens is 2. The van der Waals surface area contributed by atoms with Gasteiger partial charge in [0.05, 0.1) is 41.2 Å². The highest BCUT2D eigenvalue weighted by atomic mass is 79.9. The molecule has 3 unspecified atom stereocenters. The predicted octanol–water partition coefficient (Wildman–Crippen LogP) is 2.38. The number of fused-ring (bicyclic) bond motifs is 5. The molecule has 2 spiro atoms. The maximum Gasteiger partial charge on any atom is 0.206 e. The van der Waals surface area contributed by atoms with Gasteiger partial charge in [0.1, 0.15) is 11.5 Å². The molecule has 7 nitrogen and oxygen atoms in total. The molecule has 4 N–H and O–H groups in total. The number of ether oxygens (including phenoxy) is 1. The molecule has 5 fully saturated rings. The quantitative estimate of drug-likeness (QED) is 0.424. The standard InChI is InChI=1S/C25H29BrN2O5/c1-22(2)8-7-16(29)23-10-33-25(32,21(31)18(22)23)24-15(23)6-4-12(20(24)30)17-19(24)28-13-5-3-11(26)9-14(13)27-17/h3,5,9,12,15-16,18,20-21,29-32H,4,6-8,10H2,1-2H3/t12-,15?,16-,18?,20+,21-,23+,24?,25-/m0/s1. The van der Waals surface area contributed by atoms with Gasteiger partial charge in [0.2, 0.25) is 5.79 Å². The van der Waals surface area contributed by atoms with E-state index >= 15 is 0 Å². The number of hydrogen-bond acceptors (Lipinski definition) is 7. The molecule has 1 aromatic carbocycles. The number of benzene rings is 1. The van der Waals surface area contributed by atoms with E-state index < -0.39 is 34.9 Å². The second kappa shape index (κ2) is 6.15. The fraction of sp³-hybridized carbons (Fsp3) is 0.680. The zero-order valence-electron chi connectivity index (χ0n) is 18.7. The molecule has 176 valence electrons. The molecule has 0 radical (unpaired) electrons. The van der Waals surface area contributed by atoms with Crippen LogP contribution < -0.4 is 0 Å². The first kappa shape index (κ1) is 21.1. The van der Waals surface area contributed by atoms with Gasteiger partial charge in [-0.25, -0.2) is 9.97 Å². The van der Waals surface area contributed by atoms with Gasteiger partial charge in [-0.05, 0) is 55.2 Å². The Balaban J connectivity index is 1.55. The van der Waals surface area contributed by atoms with Crippen LogP contribution in [-0.2, 0) is 10.2 Å². The number of halogens is 1. The normalized spacial score (nSPS) is 48.9. The Morgan fingerprint density at radius 3 is 2.61 bits per heavy atom. The van der Waals surface area contributed by atoms with Crippen LogP contribution in [0.25, 0.3) is 11.0 Å². The summed E-state index contributed by atoms with van der Waals surface area (Å²) in [5.74, 6) is -2.92. The number of rotatable bonds is 0. The van der Waals surface area contributed by atoms with E-state index in [1.165, 1.54) is 0 Å². The van der Waals surface area contributed by atoms with E-state index in [1.54, 1.807) is 0 Å². The van der Waals surface area contributed by atoms with Crippen LogP contribution in [-0.4, -0.2) is 61.1 Å². The molecular weight excluding hydrogens is 488 g/mol. The number of hydrogen-bond donors (Lipinski definition) is 4. The summed E-state index contributed by atoms with van der Waals surface area (Å²) in [6.07, 6.45) is -0.169. The average Bonchev–Trinajstić information content (AvgIpc) is 2.89. The van der Waals surface area contributed by atoms with Crippen molar-refractivity contribution in [3.63, 3.8) is 0 Å². The highest BCUT2D eigenvalue weighted by molar-refractivity contribution is 9.10. The van der Waals surface area contributed by atoms with Crippen LogP contribution in [0.3, 0.4) is 0 Å². The minimum atomic E-state index is -2.00. The van der Waals surface area contributed by atoms with Gasteiger partial charge in [0.25, 0.3) is 0 Å². The van der Waals surface area contributed by atoms with Crippen molar-refractivity contribution in [1.82, 2.24) is 9.97 Å². The lowest BCUT2D eigenvalue weighted by Gasteiger charge is -2.75. The highest BCUT2D eigenvalue weighted by Crippen LogP contribution is 2.76. The maximum atomic E-state index is 12.3. The van der Waals surface area contributed by atoms with Crippen LogP contribution >= 0.6 is 15.9 Å². The molecule has 4 aliphatic carbocycles. The first-order valence-corrected chi connectivity index (χ1v) is 12.8. The SMILES string of the molecule is CC1(C)CC[C@H](O)[C@]23CO[C@@](O)([C@@H](O)C12)C12c4nc5ccc(Br)cc5nc4[C@H](CCC13)[C@H]2O. The van der Waals surface area contributed by atoms with Crippen molar-refractivity contribution in [2.45, 2.75) is 75.0 Å². The Bertz CT molecular complexity index is 1210. The molecule has 4 bridgehead atoms. The van der Waals surface area contributed by atoms with Crippen molar-refractivity contribution < 1.29 is 25.2 Å². The van der Waals surface area contributed by atoms with Crippen molar-refractivity contribution in [1.29, 1.82) is 0 Å². The minimum absolute atomic E-state index is 0.170. The van der Waals surface area contributed by atoms with Crippen molar-refractivity contribution in [3.8, 4) is 0 Å². The molecule has 8 heteroatoms.